The van der Waals surface area contributed by atoms with Crippen molar-refractivity contribution in [3.8, 4) is 28.4 Å². The Balaban J connectivity index is 1.18. The molecular formula is C44H37N5O. The van der Waals surface area contributed by atoms with Gasteiger partial charge in [-0.1, -0.05) is 56.7 Å². The van der Waals surface area contributed by atoms with E-state index in [0.717, 1.165) is 66.9 Å². The Labute approximate surface area is 290 Å². The zero-order valence-electron chi connectivity index (χ0n) is 29.1. The van der Waals surface area contributed by atoms with Crippen LogP contribution in [0.2, 0.25) is 0 Å². The number of hydrogen-bond donors (Lipinski definition) is 0. The van der Waals surface area contributed by atoms with E-state index in [1.807, 2.05) is 42.7 Å². The first kappa shape index (κ1) is 30.1. The average molecular weight is 652 g/mol. The van der Waals surface area contributed by atoms with Crippen molar-refractivity contribution < 1.29 is 4.74 Å². The molecule has 0 bridgehead atoms. The van der Waals surface area contributed by atoms with Gasteiger partial charge in [0.2, 0.25) is 0 Å². The van der Waals surface area contributed by atoms with Gasteiger partial charge in [-0.25, -0.2) is 9.97 Å². The molecule has 244 valence electrons. The SMILES string of the molecule is Cc1cc(C)c(-c2cn3c4cccnc4c4ccc(Oc5cccc(-n6c7cc(C(C)(C)C)ccc7c7cccnc76)c5)cc4c3n2)c(C)c1. The van der Waals surface area contributed by atoms with E-state index in [1.54, 1.807) is 0 Å². The fourth-order valence-corrected chi connectivity index (χ4v) is 7.63. The Morgan fingerprint density at radius 1 is 0.620 bits per heavy atom. The van der Waals surface area contributed by atoms with Gasteiger partial charge in [-0.05, 0) is 104 Å². The second-order valence-corrected chi connectivity index (χ2v) is 14.5. The minimum Gasteiger partial charge on any atom is -0.457 e. The predicted molar refractivity (Wildman–Crippen MR) is 205 cm³/mol. The molecular weight excluding hydrogens is 615 g/mol. The smallest absolute Gasteiger partial charge is 0.146 e. The van der Waals surface area contributed by atoms with E-state index in [0.29, 0.717) is 0 Å². The van der Waals surface area contributed by atoms with Gasteiger partial charge in [0.25, 0.3) is 0 Å². The van der Waals surface area contributed by atoms with Crippen LogP contribution in [-0.4, -0.2) is 23.9 Å². The summed E-state index contributed by atoms with van der Waals surface area (Å²) >= 11 is 0. The van der Waals surface area contributed by atoms with Crippen LogP contribution in [0.1, 0.15) is 43.0 Å². The summed E-state index contributed by atoms with van der Waals surface area (Å²) in [6.45, 7) is 13.2. The summed E-state index contributed by atoms with van der Waals surface area (Å²) in [5.41, 5.74) is 13.0. The lowest BCUT2D eigenvalue weighted by Gasteiger charge is -2.19. The van der Waals surface area contributed by atoms with E-state index >= 15 is 0 Å². The van der Waals surface area contributed by atoms with Crippen LogP contribution in [0.15, 0.2) is 116 Å². The van der Waals surface area contributed by atoms with Crippen molar-refractivity contribution in [2.24, 2.45) is 0 Å². The van der Waals surface area contributed by atoms with Gasteiger partial charge in [0.15, 0.2) is 0 Å². The third kappa shape index (κ3) is 4.74. The van der Waals surface area contributed by atoms with Gasteiger partial charge < -0.3 is 4.74 Å². The zero-order chi connectivity index (χ0) is 34.3. The minimum atomic E-state index is 0.0175. The molecule has 0 atom stereocenters. The topological polar surface area (TPSA) is 57.2 Å². The number of hydrogen-bond acceptors (Lipinski definition) is 4. The third-order valence-electron chi connectivity index (χ3n) is 9.88. The highest BCUT2D eigenvalue weighted by molar-refractivity contribution is 6.11. The number of ether oxygens (including phenoxy) is 1. The Morgan fingerprint density at radius 3 is 2.20 bits per heavy atom. The molecule has 9 aromatic rings. The van der Waals surface area contributed by atoms with E-state index in [2.05, 4.69) is 123 Å². The summed E-state index contributed by atoms with van der Waals surface area (Å²) in [4.78, 5) is 14.9. The van der Waals surface area contributed by atoms with Crippen LogP contribution in [0.4, 0.5) is 0 Å². The highest BCUT2D eigenvalue weighted by atomic mass is 16.5. The van der Waals surface area contributed by atoms with Gasteiger partial charge in [0.1, 0.15) is 22.8 Å². The molecule has 0 aliphatic heterocycles. The van der Waals surface area contributed by atoms with E-state index < -0.39 is 0 Å². The maximum Gasteiger partial charge on any atom is 0.146 e. The van der Waals surface area contributed by atoms with Gasteiger partial charge in [-0.3, -0.25) is 14.0 Å². The lowest BCUT2D eigenvalue weighted by molar-refractivity contribution is 0.483. The van der Waals surface area contributed by atoms with Gasteiger partial charge >= 0.3 is 0 Å². The number of rotatable bonds is 4. The lowest BCUT2D eigenvalue weighted by atomic mass is 9.86. The van der Waals surface area contributed by atoms with Crippen molar-refractivity contribution in [2.75, 3.05) is 0 Å². The molecule has 0 amide bonds. The number of nitrogens with zero attached hydrogens (tertiary/aromatic N) is 5. The molecule has 0 aliphatic rings. The summed E-state index contributed by atoms with van der Waals surface area (Å²) in [7, 11) is 0. The Bertz CT molecular complexity index is 2790. The van der Waals surface area contributed by atoms with Crippen molar-refractivity contribution in [3.63, 3.8) is 0 Å². The van der Waals surface area contributed by atoms with Crippen LogP contribution in [0.25, 0.3) is 66.3 Å². The Kier molecular flexibility index (Phi) is 6.62. The standard InChI is InChI=1S/C44H37N5O/c1-26-20-27(2)40(28(3)21-26)37-25-48-38-13-9-18-45-41(38)34-17-15-32(24-36(34)43(48)47-37)50-31-11-7-10-30(23-31)49-39-22-29(44(4,5)6)14-16-33(39)35-12-8-19-46-42(35)49/h7-25H,1-6H3. The monoisotopic (exact) mass is 651 g/mol. The molecule has 0 saturated heterocycles. The molecule has 6 heteroatoms. The van der Waals surface area contributed by atoms with Crippen LogP contribution in [0.5, 0.6) is 11.5 Å². The first-order chi connectivity index (χ1) is 24.1. The fourth-order valence-electron chi connectivity index (χ4n) is 7.63. The van der Waals surface area contributed by atoms with Crippen LogP contribution < -0.4 is 4.74 Å². The molecule has 5 aromatic heterocycles. The van der Waals surface area contributed by atoms with Gasteiger partial charge in [-0.15, -0.1) is 0 Å². The fraction of sp³-hybridized carbons (Fsp3) is 0.159. The van der Waals surface area contributed by atoms with Crippen molar-refractivity contribution in [1.29, 1.82) is 0 Å². The maximum absolute atomic E-state index is 6.64. The Hall–Kier alpha value is -6.01. The highest BCUT2D eigenvalue weighted by Gasteiger charge is 2.20. The number of benzene rings is 4. The van der Waals surface area contributed by atoms with Crippen molar-refractivity contribution >= 4 is 49.4 Å². The molecule has 0 aliphatic carbocycles. The summed E-state index contributed by atoms with van der Waals surface area (Å²) in [6, 6.07) is 33.9. The number of imidazole rings is 1. The van der Waals surface area contributed by atoms with E-state index in [4.69, 9.17) is 19.7 Å². The Morgan fingerprint density at radius 2 is 1.38 bits per heavy atom. The minimum absolute atomic E-state index is 0.0175. The van der Waals surface area contributed by atoms with Crippen molar-refractivity contribution in [1.82, 2.24) is 23.9 Å². The first-order valence-electron chi connectivity index (χ1n) is 17.1. The molecule has 50 heavy (non-hydrogen) atoms. The van der Waals surface area contributed by atoms with Crippen molar-refractivity contribution in [2.45, 2.75) is 47.0 Å². The largest absolute Gasteiger partial charge is 0.457 e. The summed E-state index contributed by atoms with van der Waals surface area (Å²) < 4.78 is 11.1. The second-order valence-electron chi connectivity index (χ2n) is 14.5. The van der Waals surface area contributed by atoms with Crippen LogP contribution in [0.3, 0.4) is 0 Å². The first-order valence-corrected chi connectivity index (χ1v) is 17.1. The predicted octanol–water partition coefficient (Wildman–Crippen LogP) is 11.2. The quantitative estimate of drug-likeness (QED) is 0.178. The molecule has 9 rings (SSSR count). The summed E-state index contributed by atoms with van der Waals surface area (Å²) in [5.74, 6) is 1.47. The molecule has 0 spiro atoms. The van der Waals surface area contributed by atoms with Crippen LogP contribution in [0, 0.1) is 20.8 Å². The zero-order valence-corrected chi connectivity index (χ0v) is 29.1. The van der Waals surface area contributed by atoms with Gasteiger partial charge in [0, 0.05) is 51.8 Å². The molecule has 6 nitrogen and oxygen atoms in total. The molecule has 5 heterocycles. The molecule has 0 unspecified atom stereocenters. The van der Waals surface area contributed by atoms with E-state index in [-0.39, 0.29) is 5.41 Å². The normalized spacial score (nSPS) is 12.2. The third-order valence-corrected chi connectivity index (χ3v) is 9.88. The number of pyridine rings is 3. The summed E-state index contributed by atoms with van der Waals surface area (Å²) in [6.07, 6.45) is 5.86. The summed E-state index contributed by atoms with van der Waals surface area (Å²) in [5, 5.41) is 4.33. The lowest BCUT2D eigenvalue weighted by Crippen LogP contribution is -2.10. The number of aromatic nitrogens is 5. The van der Waals surface area contributed by atoms with Gasteiger partial charge in [0.05, 0.1) is 27.9 Å². The number of aryl methyl sites for hydroxylation is 3. The van der Waals surface area contributed by atoms with Crippen LogP contribution >= 0.6 is 0 Å². The van der Waals surface area contributed by atoms with E-state index in [1.165, 1.54) is 33.2 Å². The maximum atomic E-state index is 6.64. The average Bonchev–Trinajstić information content (AvgIpc) is 3.68. The second kappa shape index (κ2) is 11.0. The van der Waals surface area contributed by atoms with E-state index in [9.17, 15) is 0 Å². The molecule has 0 N–H and O–H groups in total. The molecule has 4 aromatic carbocycles. The number of fused-ring (bicyclic) bond motifs is 9. The highest BCUT2D eigenvalue weighted by Crippen LogP contribution is 2.38. The molecule has 0 radical (unpaired) electrons. The van der Waals surface area contributed by atoms with Crippen molar-refractivity contribution in [3.05, 3.63) is 138 Å². The van der Waals surface area contributed by atoms with Gasteiger partial charge in [-0.2, -0.15) is 0 Å². The molecule has 0 saturated carbocycles. The van der Waals surface area contributed by atoms with Crippen LogP contribution in [-0.2, 0) is 5.41 Å². The molecule has 0 fully saturated rings.